The maximum atomic E-state index is 11.4. The number of ether oxygens (including phenoxy) is 1. The standard InChI is InChI=1S/C10H17NO3S/c1-4-9(12)11-8(6-7-15-3)10(13)14-5-2/h4,8H,1,5-7H2,2-3H3,(H,11,12). The van der Waals surface area contributed by atoms with E-state index >= 15 is 0 Å². The van der Waals surface area contributed by atoms with Crippen molar-refractivity contribution < 1.29 is 14.3 Å². The van der Waals surface area contributed by atoms with E-state index in [9.17, 15) is 9.59 Å². The molecule has 5 heteroatoms. The Morgan fingerprint density at radius 1 is 1.60 bits per heavy atom. The van der Waals surface area contributed by atoms with Gasteiger partial charge in [-0.1, -0.05) is 6.58 Å². The molecule has 15 heavy (non-hydrogen) atoms. The van der Waals surface area contributed by atoms with Crippen molar-refractivity contribution in [3.63, 3.8) is 0 Å². The summed E-state index contributed by atoms with van der Waals surface area (Å²) in [7, 11) is 0. The van der Waals surface area contributed by atoms with E-state index in [1.54, 1.807) is 18.7 Å². The van der Waals surface area contributed by atoms with Gasteiger partial charge in [-0.3, -0.25) is 4.79 Å². The van der Waals surface area contributed by atoms with Gasteiger partial charge in [-0.15, -0.1) is 0 Å². The molecule has 0 saturated heterocycles. The van der Waals surface area contributed by atoms with Gasteiger partial charge in [-0.2, -0.15) is 11.8 Å². The minimum Gasteiger partial charge on any atom is -0.464 e. The topological polar surface area (TPSA) is 55.4 Å². The van der Waals surface area contributed by atoms with Crippen molar-refractivity contribution in [3.8, 4) is 0 Å². The van der Waals surface area contributed by atoms with Crippen LogP contribution in [0.15, 0.2) is 12.7 Å². The number of hydrogen-bond donors (Lipinski definition) is 1. The highest BCUT2D eigenvalue weighted by Gasteiger charge is 2.20. The molecular weight excluding hydrogens is 214 g/mol. The average molecular weight is 231 g/mol. The van der Waals surface area contributed by atoms with Crippen molar-refractivity contribution in [1.29, 1.82) is 0 Å². The summed E-state index contributed by atoms with van der Waals surface area (Å²) >= 11 is 1.62. The van der Waals surface area contributed by atoms with Gasteiger partial charge in [0.1, 0.15) is 6.04 Å². The SMILES string of the molecule is C=CC(=O)NC(CCSC)C(=O)OCC. The summed E-state index contributed by atoms with van der Waals surface area (Å²) in [5.74, 6) is 0.0527. The second kappa shape index (κ2) is 8.35. The molecule has 86 valence electrons. The molecule has 0 aliphatic rings. The fourth-order valence-corrected chi connectivity index (χ4v) is 1.43. The third-order valence-electron chi connectivity index (χ3n) is 1.68. The Morgan fingerprint density at radius 2 is 2.27 bits per heavy atom. The van der Waals surface area contributed by atoms with Crippen molar-refractivity contribution >= 4 is 23.6 Å². The van der Waals surface area contributed by atoms with Gasteiger partial charge < -0.3 is 10.1 Å². The molecular formula is C10H17NO3S. The number of esters is 1. The predicted molar refractivity (Wildman–Crippen MR) is 61.8 cm³/mol. The molecule has 0 aromatic rings. The van der Waals surface area contributed by atoms with Gasteiger partial charge in [0.05, 0.1) is 6.61 Å². The van der Waals surface area contributed by atoms with Crippen LogP contribution in [0.4, 0.5) is 0 Å². The molecule has 0 heterocycles. The van der Waals surface area contributed by atoms with Gasteiger partial charge in [0.15, 0.2) is 0 Å². The van der Waals surface area contributed by atoms with Crippen molar-refractivity contribution in [1.82, 2.24) is 5.32 Å². The van der Waals surface area contributed by atoms with E-state index in [4.69, 9.17) is 4.74 Å². The minimum atomic E-state index is -0.567. The Bertz CT molecular complexity index is 231. The molecule has 0 saturated carbocycles. The largest absolute Gasteiger partial charge is 0.464 e. The van der Waals surface area contributed by atoms with Crippen LogP contribution in [0.2, 0.25) is 0 Å². The van der Waals surface area contributed by atoms with E-state index in [0.717, 1.165) is 11.8 Å². The van der Waals surface area contributed by atoms with Crippen LogP contribution >= 0.6 is 11.8 Å². The summed E-state index contributed by atoms with van der Waals surface area (Å²) in [6.45, 7) is 5.38. The molecule has 0 fully saturated rings. The van der Waals surface area contributed by atoms with E-state index in [0.29, 0.717) is 13.0 Å². The van der Waals surface area contributed by atoms with E-state index in [1.807, 2.05) is 6.26 Å². The summed E-state index contributed by atoms with van der Waals surface area (Å²) in [4.78, 5) is 22.5. The second-order valence-electron chi connectivity index (χ2n) is 2.80. The lowest BCUT2D eigenvalue weighted by Crippen LogP contribution is -2.41. The Balaban J connectivity index is 4.22. The highest BCUT2D eigenvalue weighted by atomic mass is 32.2. The van der Waals surface area contributed by atoms with Gasteiger partial charge in [0, 0.05) is 0 Å². The first kappa shape index (κ1) is 14.0. The van der Waals surface area contributed by atoms with Crippen molar-refractivity contribution in [2.75, 3.05) is 18.6 Å². The number of rotatable bonds is 7. The molecule has 0 aliphatic heterocycles. The number of carbonyl (C=O) groups is 2. The van der Waals surface area contributed by atoms with E-state index < -0.39 is 6.04 Å². The van der Waals surface area contributed by atoms with Crippen LogP contribution in [0, 0.1) is 0 Å². The predicted octanol–water partition coefficient (Wildman–Crippen LogP) is 0.973. The molecule has 0 bridgehead atoms. The number of carbonyl (C=O) groups excluding carboxylic acids is 2. The van der Waals surface area contributed by atoms with Gasteiger partial charge >= 0.3 is 5.97 Å². The first-order valence-electron chi connectivity index (χ1n) is 4.74. The lowest BCUT2D eigenvalue weighted by atomic mass is 10.2. The lowest BCUT2D eigenvalue weighted by Gasteiger charge is -2.15. The number of hydrogen-bond acceptors (Lipinski definition) is 4. The highest BCUT2D eigenvalue weighted by molar-refractivity contribution is 7.98. The van der Waals surface area contributed by atoms with Crippen LogP contribution in [0.25, 0.3) is 0 Å². The maximum Gasteiger partial charge on any atom is 0.328 e. The van der Waals surface area contributed by atoms with Crippen LogP contribution in [0.5, 0.6) is 0 Å². The van der Waals surface area contributed by atoms with E-state index in [2.05, 4.69) is 11.9 Å². The Kier molecular flexibility index (Phi) is 7.81. The summed E-state index contributed by atoms with van der Waals surface area (Å²) < 4.78 is 4.85. The second-order valence-corrected chi connectivity index (χ2v) is 3.78. The number of nitrogens with one attached hydrogen (secondary N) is 1. The molecule has 0 rings (SSSR count). The Labute approximate surface area is 94.4 Å². The third-order valence-corrected chi connectivity index (χ3v) is 2.33. The summed E-state index contributed by atoms with van der Waals surface area (Å²) in [6, 6.07) is -0.567. The van der Waals surface area contributed by atoms with Gasteiger partial charge in [-0.05, 0) is 31.4 Å². The maximum absolute atomic E-state index is 11.4. The monoisotopic (exact) mass is 231 g/mol. The van der Waals surface area contributed by atoms with Crippen molar-refractivity contribution in [3.05, 3.63) is 12.7 Å². The molecule has 0 aliphatic carbocycles. The van der Waals surface area contributed by atoms with Crippen molar-refractivity contribution in [2.24, 2.45) is 0 Å². The molecule has 0 aromatic heterocycles. The number of thioether (sulfide) groups is 1. The molecule has 1 atom stereocenters. The first-order valence-corrected chi connectivity index (χ1v) is 6.13. The molecule has 1 unspecified atom stereocenters. The van der Waals surface area contributed by atoms with Crippen LogP contribution in [-0.2, 0) is 14.3 Å². The van der Waals surface area contributed by atoms with E-state index in [-0.39, 0.29) is 11.9 Å². The molecule has 0 spiro atoms. The molecule has 4 nitrogen and oxygen atoms in total. The van der Waals surface area contributed by atoms with Gasteiger partial charge in [-0.25, -0.2) is 4.79 Å². The zero-order chi connectivity index (χ0) is 11.7. The van der Waals surface area contributed by atoms with Gasteiger partial charge in [0.25, 0.3) is 0 Å². The quantitative estimate of drug-likeness (QED) is 0.524. The summed E-state index contributed by atoms with van der Waals surface area (Å²) in [6.07, 6.45) is 3.66. The van der Waals surface area contributed by atoms with Crippen LogP contribution in [0.3, 0.4) is 0 Å². The Hall–Kier alpha value is -0.970. The fourth-order valence-electron chi connectivity index (χ4n) is 0.958. The summed E-state index contributed by atoms with van der Waals surface area (Å²) in [5, 5.41) is 2.54. The normalized spacial score (nSPS) is 11.6. The van der Waals surface area contributed by atoms with Crippen LogP contribution < -0.4 is 5.32 Å². The van der Waals surface area contributed by atoms with Gasteiger partial charge in [0.2, 0.25) is 5.91 Å². The van der Waals surface area contributed by atoms with E-state index in [1.165, 1.54) is 0 Å². The molecule has 1 N–H and O–H groups in total. The first-order chi connectivity index (χ1) is 7.15. The lowest BCUT2D eigenvalue weighted by molar-refractivity contribution is -0.147. The number of amides is 1. The zero-order valence-electron chi connectivity index (χ0n) is 9.12. The summed E-state index contributed by atoms with van der Waals surface area (Å²) in [5.41, 5.74) is 0. The molecule has 0 aromatic carbocycles. The van der Waals surface area contributed by atoms with Crippen LogP contribution in [0.1, 0.15) is 13.3 Å². The molecule has 0 radical (unpaired) electrons. The highest BCUT2D eigenvalue weighted by Crippen LogP contribution is 2.02. The average Bonchev–Trinajstić information content (AvgIpc) is 2.24. The Morgan fingerprint density at radius 3 is 2.73 bits per heavy atom. The fraction of sp³-hybridized carbons (Fsp3) is 0.600. The smallest absolute Gasteiger partial charge is 0.328 e. The van der Waals surface area contributed by atoms with Crippen molar-refractivity contribution in [2.45, 2.75) is 19.4 Å². The molecule has 1 amide bonds. The zero-order valence-corrected chi connectivity index (χ0v) is 9.93. The third kappa shape index (κ3) is 6.17. The van der Waals surface area contributed by atoms with Crippen LogP contribution in [-0.4, -0.2) is 36.5 Å². The minimum absolute atomic E-state index is 0.318.